The van der Waals surface area contributed by atoms with Gasteiger partial charge in [0.25, 0.3) is 0 Å². The lowest BCUT2D eigenvalue weighted by Crippen LogP contribution is -2.24. The summed E-state index contributed by atoms with van der Waals surface area (Å²) in [6, 6.07) is 3.66. The van der Waals surface area contributed by atoms with Crippen molar-refractivity contribution < 1.29 is 0 Å². The maximum absolute atomic E-state index is 5.93. The summed E-state index contributed by atoms with van der Waals surface area (Å²) >= 11 is 5.93. The Morgan fingerprint density at radius 3 is 3.00 bits per heavy atom. The number of rotatable bonds is 5. The van der Waals surface area contributed by atoms with Crippen LogP contribution in [0.2, 0.25) is 5.02 Å². The summed E-state index contributed by atoms with van der Waals surface area (Å²) in [5, 5.41) is 3.87. The van der Waals surface area contributed by atoms with Gasteiger partial charge < -0.3 is 10.2 Å². The highest BCUT2D eigenvalue weighted by Gasteiger charge is 1.99. The number of aromatic nitrogens is 1. The van der Waals surface area contributed by atoms with Crippen LogP contribution in [0.1, 0.15) is 6.92 Å². The molecule has 0 aromatic carbocycles. The second-order valence-corrected chi connectivity index (χ2v) is 3.56. The first-order chi connectivity index (χ1) is 6.74. The van der Waals surface area contributed by atoms with Crippen molar-refractivity contribution in [2.45, 2.75) is 6.92 Å². The van der Waals surface area contributed by atoms with Crippen LogP contribution >= 0.6 is 11.6 Å². The minimum Gasteiger partial charge on any atom is -0.368 e. The molecule has 14 heavy (non-hydrogen) atoms. The van der Waals surface area contributed by atoms with Crippen LogP contribution in [-0.4, -0.2) is 36.6 Å². The number of anilines is 1. The van der Waals surface area contributed by atoms with Crippen molar-refractivity contribution in [3.63, 3.8) is 0 Å². The first-order valence-electron chi connectivity index (χ1n) is 4.77. The Kier molecular flexibility index (Phi) is 4.70. The van der Waals surface area contributed by atoms with Gasteiger partial charge in [0.2, 0.25) is 0 Å². The second kappa shape index (κ2) is 5.83. The van der Waals surface area contributed by atoms with Gasteiger partial charge in [0.05, 0.1) is 5.02 Å². The van der Waals surface area contributed by atoms with Crippen LogP contribution < -0.4 is 5.32 Å². The van der Waals surface area contributed by atoms with Gasteiger partial charge >= 0.3 is 0 Å². The summed E-state index contributed by atoms with van der Waals surface area (Å²) in [6.45, 7) is 5.04. The Balaban J connectivity index is 2.35. The molecule has 1 N–H and O–H groups in total. The van der Waals surface area contributed by atoms with Crippen molar-refractivity contribution in [2.24, 2.45) is 0 Å². The molecule has 0 aliphatic rings. The molecule has 0 saturated carbocycles. The van der Waals surface area contributed by atoms with Crippen LogP contribution in [0, 0.1) is 0 Å². The average molecular weight is 214 g/mol. The molecule has 0 aliphatic carbocycles. The molecule has 0 bridgehead atoms. The summed E-state index contributed by atoms with van der Waals surface area (Å²) in [5.74, 6) is 0.763. The highest BCUT2D eigenvalue weighted by atomic mass is 35.5. The molecule has 3 nitrogen and oxygen atoms in total. The smallest absolute Gasteiger partial charge is 0.144 e. The fourth-order valence-corrected chi connectivity index (χ4v) is 1.23. The maximum atomic E-state index is 5.93. The van der Waals surface area contributed by atoms with Gasteiger partial charge in [0.1, 0.15) is 5.82 Å². The van der Waals surface area contributed by atoms with Crippen molar-refractivity contribution in [2.75, 3.05) is 32.0 Å². The molecule has 78 valence electrons. The predicted octanol–water partition coefficient (Wildman–Crippen LogP) is 2.10. The number of halogens is 1. The molecule has 0 amide bonds. The first kappa shape index (κ1) is 11.3. The molecule has 0 saturated heterocycles. The Hall–Kier alpha value is -0.800. The minimum atomic E-state index is 0.673. The van der Waals surface area contributed by atoms with Crippen LogP contribution in [0.15, 0.2) is 18.3 Å². The molecule has 1 aromatic rings. The molecular formula is C10H16ClN3. The van der Waals surface area contributed by atoms with E-state index in [0.717, 1.165) is 25.5 Å². The zero-order valence-electron chi connectivity index (χ0n) is 8.63. The molecule has 1 aromatic heterocycles. The summed E-state index contributed by atoms with van der Waals surface area (Å²) in [5.41, 5.74) is 0. The summed E-state index contributed by atoms with van der Waals surface area (Å²) in [6.07, 6.45) is 1.73. The van der Waals surface area contributed by atoms with Crippen molar-refractivity contribution in [3.05, 3.63) is 23.4 Å². The minimum absolute atomic E-state index is 0.673. The number of pyridine rings is 1. The van der Waals surface area contributed by atoms with E-state index < -0.39 is 0 Å². The largest absolute Gasteiger partial charge is 0.368 e. The third-order valence-electron chi connectivity index (χ3n) is 2.08. The zero-order chi connectivity index (χ0) is 10.4. The molecule has 0 fully saturated rings. The monoisotopic (exact) mass is 213 g/mol. The number of nitrogens with one attached hydrogen (secondary N) is 1. The van der Waals surface area contributed by atoms with Crippen molar-refractivity contribution in [1.82, 2.24) is 9.88 Å². The topological polar surface area (TPSA) is 28.2 Å². The van der Waals surface area contributed by atoms with Crippen LogP contribution in [0.3, 0.4) is 0 Å². The Labute approximate surface area is 90.1 Å². The molecule has 0 radical (unpaired) electrons. The highest BCUT2D eigenvalue weighted by molar-refractivity contribution is 6.32. The lowest BCUT2D eigenvalue weighted by atomic mass is 10.4. The van der Waals surface area contributed by atoms with E-state index in [-0.39, 0.29) is 0 Å². The molecule has 0 unspecified atom stereocenters. The third kappa shape index (κ3) is 3.52. The molecule has 0 spiro atoms. The third-order valence-corrected chi connectivity index (χ3v) is 2.39. The Morgan fingerprint density at radius 2 is 2.36 bits per heavy atom. The van der Waals surface area contributed by atoms with Crippen LogP contribution in [0.25, 0.3) is 0 Å². The van der Waals surface area contributed by atoms with Gasteiger partial charge in [-0.25, -0.2) is 4.98 Å². The molecule has 0 aliphatic heterocycles. The van der Waals surface area contributed by atoms with Gasteiger partial charge in [-0.05, 0) is 25.7 Å². The van der Waals surface area contributed by atoms with Crippen molar-refractivity contribution in [3.8, 4) is 0 Å². The average Bonchev–Trinajstić information content (AvgIpc) is 2.20. The van der Waals surface area contributed by atoms with Crippen LogP contribution in [-0.2, 0) is 0 Å². The van der Waals surface area contributed by atoms with E-state index in [1.54, 1.807) is 6.20 Å². The van der Waals surface area contributed by atoms with Crippen molar-refractivity contribution in [1.29, 1.82) is 0 Å². The number of likely N-dealkylation sites (N-methyl/N-ethyl adjacent to an activating group) is 1. The fraction of sp³-hybridized carbons (Fsp3) is 0.500. The maximum Gasteiger partial charge on any atom is 0.144 e. The SMILES string of the molecule is CCN(C)CCNc1ncccc1Cl. The van der Waals surface area contributed by atoms with Gasteiger partial charge in [-0.1, -0.05) is 18.5 Å². The lowest BCUT2D eigenvalue weighted by Gasteiger charge is -2.14. The zero-order valence-corrected chi connectivity index (χ0v) is 9.38. The quantitative estimate of drug-likeness (QED) is 0.812. The van der Waals surface area contributed by atoms with Crippen LogP contribution in [0.4, 0.5) is 5.82 Å². The number of nitrogens with zero attached hydrogens (tertiary/aromatic N) is 2. The molecule has 1 heterocycles. The Morgan fingerprint density at radius 1 is 1.57 bits per heavy atom. The summed E-state index contributed by atoms with van der Waals surface area (Å²) < 4.78 is 0. The summed E-state index contributed by atoms with van der Waals surface area (Å²) in [7, 11) is 2.09. The van der Waals surface area contributed by atoms with E-state index in [2.05, 4.69) is 29.2 Å². The fourth-order valence-electron chi connectivity index (χ4n) is 1.04. The first-order valence-corrected chi connectivity index (χ1v) is 5.14. The van der Waals surface area contributed by atoms with E-state index in [0.29, 0.717) is 5.02 Å². The normalized spacial score (nSPS) is 10.6. The van der Waals surface area contributed by atoms with E-state index in [1.165, 1.54) is 0 Å². The lowest BCUT2D eigenvalue weighted by molar-refractivity contribution is 0.367. The molecule has 0 atom stereocenters. The highest BCUT2D eigenvalue weighted by Crippen LogP contribution is 2.16. The van der Waals surface area contributed by atoms with Gasteiger partial charge in [-0.3, -0.25) is 0 Å². The molecule has 1 rings (SSSR count). The van der Waals surface area contributed by atoms with Crippen LogP contribution in [0.5, 0.6) is 0 Å². The van der Waals surface area contributed by atoms with Crippen molar-refractivity contribution >= 4 is 17.4 Å². The predicted molar refractivity (Wildman–Crippen MR) is 60.9 cm³/mol. The number of hydrogen-bond acceptors (Lipinski definition) is 3. The molecule has 4 heteroatoms. The number of hydrogen-bond donors (Lipinski definition) is 1. The van der Waals surface area contributed by atoms with Gasteiger partial charge in [0, 0.05) is 19.3 Å². The van der Waals surface area contributed by atoms with E-state index in [9.17, 15) is 0 Å². The second-order valence-electron chi connectivity index (χ2n) is 3.16. The van der Waals surface area contributed by atoms with Gasteiger partial charge in [0.15, 0.2) is 0 Å². The van der Waals surface area contributed by atoms with Gasteiger partial charge in [-0.2, -0.15) is 0 Å². The standard InChI is InChI=1S/C10H16ClN3/c1-3-14(2)8-7-13-10-9(11)5-4-6-12-10/h4-6H,3,7-8H2,1-2H3,(H,12,13). The molecular weight excluding hydrogens is 198 g/mol. The van der Waals surface area contributed by atoms with E-state index in [1.807, 2.05) is 12.1 Å². The Bertz CT molecular complexity index is 278. The van der Waals surface area contributed by atoms with E-state index in [4.69, 9.17) is 11.6 Å². The van der Waals surface area contributed by atoms with Gasteiger partial charge in [-0.15, -0.1) is 0 Å². The van der Waals surface area contributed by atoms with E-state index >= 15 is 0 Å². The summed E-state index contributed by atoms with van der Waals surface area (Å²) in [4.78, 5) is 6.37.